The maximum atomic E-state index is 11.9. The van der Waals surface area contributed by atoms with Crippen LogP contribution in [0.4, 0.5) is 5.69 Å². The molecule has 0 unspecified atom stereocenters. The van der Waals surface area contributed by atoms with Gasteiger partial charge in [-0.3, -0.25) is 4.79 Å². The van der Waals surface area contributed by atoms with Crippen molar-refractivity contribution >= 4 is 27.5 Å². The quantitative estimate of drug-likeness (QED) is 0.899. The van der Waals surface area contributed by atoms with Gasteiger partial charge < -0.3 is 10.6 Å². The lowest BCUT2D eigenvalue weighted by molar-refractivity contribution is -0.121. The minimum Gasteiger partial charge on any atom is -0.323 e. The first-order chi connectivity index (χ1) is 7.90. The largest absolute Gasteiger partial charge is 0.323 e. The zero-order chi connectivity index (χ0) is 13.1. The van der Waals surface area contributed by atoms with E-state index in [0.717, 1.165) is 4.47 Å². The average Bonchev–Trinajstić information content (AvgIpc) is 2.31. The Balaban J connectivity index is 2.97. The Morgan fingerprint density at radius 3 is 2.65 bits per heavy atom. The van der Waals surface area contributed by atoms with Crippen molar-refractivity contribution in [3.05, 3.63) is 28.2 Å². The number of carbonyl (C=O) groups is 1. The highest BCUT2D eigenvalue weighted by atomic mass is 79.9. The number of likely N-dealkylation sites (N-methyl/N-ethyl adjacent to an activating group) is 1. The third-order valence-corrected chi connectivity index (χ3v) is 3.04. The van der Waals surface area contributed by atoms with Crippen molar-refractivity contribution in [1.29, 1.82) is 5.26 Å². The highest BCUT2D eigenvalue weighted by Gasteiger charge is 2.25. The van der Waals surface area contributed by atoms with Crippen molar-refractivity contribution in [3.8, 4) is 6.07 Å². The summed E-state index contributed by atoms with van der Waals surface area (Å²) in [5.41, 5.74) is 0.267. The van der Waals surface area contributed by atoms with E-state index in [1.54, 1.807) is 39.1 Å². The van der Waals surface area contributed by atoms with Crippen molar-refractivity contribution in [2.24, 2.45) is 0 Å². The van der Waals surface area contributed by atoms with Crippen molar-refractivity contribution in [2.75, 3.05) is 12.4 Å². The second-order valence-electron chi connectivity index (χ2n) is 4.13. The molecule has 2 N–H and O–H groups in total. The van der Waals surface area contributed by atoms with E-state index < -0.39 is 5.54 Å². The summed E-state index contributed by atoms with van der Waals surface area (Å²) in [6.45, 7) is 3.54. The number of halogens is 1. The molecular formula is C12H14BrN3O. The molecule has 0 atom stereocenters. The Morgan fingerprint density at radius 2 is 2.12 bits per heavy atom. The van der Waals surface area contributed by atoms with Gasteiger partial charge in [0, 0.05) is 4.47 Å². The molecule has 0 saturated carbocycles. The highest BCUT2D eigenvalue weighted by molar-refractivity contribution is 9.10. The summed E-state index contributed by atoms with van der Waals surface area (Å²) in [6, 6.07) is 7.20. The summed E-state index contributed by atoms with van der Waals surface area (Å²) in [6.07, 6.45) is 0. The summed E-state index contributed by atoms with van der Waals surface area (Å²) in [5.74, 6) is -0.182. The van der Waals surface area contributed by atoms with Gasteiger partial charge in [-0.1, -0.05) is 15.9 Å². The molecule has 90 valence electrons. The molecule has 0 radical (unpaired) electrons. The minimum absolute atomic E-state index is 0.182. The summed E-state index contributed by atoms with van der Waals surface area (Å²) in [7, 11) is 1.71. The van der Waals surface area contributed by atoms with E-state index in [1.807, 2.05) is 6.07 Å². The van der Waals surface area contributed by atoms with Gasteiger partial charge in [-0.2, -0.15) is 5.26 Å². The summed E-state index contributed by atoms with van der Waals surface area (Å²) < 4.78 is 0.805. The third kappa shape index (κ3) is 3.29. The molecule has 0 spiro atoms. The van der Waals surface area contributed by atoms with Crippen LogP contribution >= 0.6 is 15.9 Å². The highest BCUT2D eigenvalue weighted by Crippen LogP contribution is 2.21. The normalized spacial score (nSPS) is 10.8. The molecule has 1 rings (SSSR count). The third-order valence-electron chi connectivity index (χ3n) is 2.54. The van der Waals surface area contributed by atoms with Gasteiger partial charge in [0.1, 0.15) is 6.07 Å². The van der Waals surface area contributed by atoms with Crippen molar-refractivity contribution in [1.82, 2.24) is 5.32 Å². The van der Waals surface area contributed by atoms with E-state index in [-0.39, 0.29) is 5.91 Å². The predicted molar refractivity (Wildman–Crippen MR) is 70.6 cm³/mol. The molecular weight excluding hydrogens is 282 g/mol. The second kappa shape index (κ2) is 5.30. The summed E-state index contributed by atoms with van der Waals surface area (Å²) >= 11 is 3.28. The number of rotatable bonds is 3. The fourth-order valence-corrected chi connectivity index (χ4v) is 1.47. The van der Waals surface area contributed by atoms with E-state index in [2.05, 4.69) is 26.6 Å². The zero-order valence-electron chi connectivity index (χ0n) is 9.97. The number of anilines is 1. The van der Waals surface area contributed by atoms with Gasteiger partial charge in [0.05, 0.1) is 16.8 Å². The molecule has 0 aliphatic rings. The minimum atomic E-state index is -0.681. The molecule has 0 saturated heterocycles. The van der Waals surface area contributed by atoms with E-state index in [1.165, 1.54) is 0 Å². The lowest BCUT2D eigenvalue weighted by atomic mass is 10.0. The number of nitrogens with zero attached hydrogens (tertiary/aromatic N) is 1. The molecule has 0 aromatic heterocycles. The second-order valence-corrected chi connectivity index (χ2v) is 5.05. The summed E-state index contributed by atoms with van der Waals surface area (Å²) in [4.78, 5) is 11.9. The fourth-order valence-electron chi connectivity index (χ4n) is 1.11. The average molecular weight is 296 g/mol. The zero-order valence-corrected chi connectivity index (χ0v) is 11.6. The maximum Gasteiger partial charge on any atom is 0.244 e. The van der Waals surface area contributed by atoms with Crippen LogP contribution in [0.1, 0.15) is 19.4 Å². The lowest BCUT2D eigenvalue weighted by Gasteiger charge is -2.23. The molecule has 0 heterocycles. The van der Waals surface area contributed by atoms with Crippen LogP contribution in [0.15, 0.2) is 22.7 Å². The number of nitriles is 1. The van der Waals surface area contributed by atoms with Gasteiger partial charge in [-0.15, -0.1) is 0 Å². The van der Waals surface area contributed by atoms with Crippen LogP contribution in [-0.2, 0) is 4.79 Å². The van der Waals surface area contributed by atoms with Crippen LogP contribution in [0.25, 0.3) is 0 Å². The Kier molecular flexibility index (Phi) is 4.27. The number of carbonyl (C=O) groups excluding carboxylic acids is 1. The topological polar surface area (TPSA) is 64.9 Å². The smallest absolute Gasteiger partial charge is 0.244 e. The van der Waals surface area contributed by atoms with E-state index in [9.17, 15) is 4.79 Å². The summed E-state index contributed by atoms with van der Waals surface area (Å²) in [5, 5.41) is 14.6. The monoisotopic (exact) mass is 295 g/mol. The van der Waals surface area contributed by atoms with Crippen LogP contribution in [0.2, 0.25) is 0 Å². The lowest BCUT2D eigenvalue weighted by Crippen LogP contribution is -2.48. The van der Waals surface area contributed by atoms with Crippen LogP contribution in [0.5, 0.6) is 0 Å². The first kappa shape index (κ1) is 13.7. The van der Waals surface area contributed by atoms with Crippen molar-refractivity contribution in [3.63, 3.8) is 0 Å². The molecule has 4 nitrogen and oxygen atoms in total. The Hall–Kier alpha value is -1.38. The van der Waals surface area contributed by atoms with Gasteiger partial charge in [-0.05, 0) is 39.1 Å². The first-order valence-corrected chi connectivity index (χ1v) is 5.90. The molecule has 5 heteroatoms. The molecule has 0 aliphatic heterocycles. The van der Waals surface area contributed by atoms with Crippen molar-refractivity contribution < 1.29 is 4.79 Å². The maximum absolute atomic E-state index is 11.9. The molecule has 1 aromatic rings. The van der Waals surface area contributed by atoms with Gasteiger partial charge in [0.25, 0.3) is 0 Å². The van der Waals surface area contributed by atoms with Crippen LogP contribution < -0.4 is 10.6 Å². The Labute approximate surface area is 109 Å². The standard InChI is InChI=1S/C12H14BrN3O/c1-12(2,15-3)11(17)16-10-5-4-9(13)6-8(10)7-14/h4-6,15H,1-3H3,(H,16,17). The first-order valence-electron chi connectivity index (χ1n) is 5.10. The van der Waals surface area contributed by atoms with Crippen LogP contribution in [-0.4, -0.2) is 18.5 Å². The van der Waals surface area contributed by atoms with Gasteiger partial charge >= 0.3 is 0 Å². The van der Waals surface area contributed by atoms with E-state index in [4.69, 9.17) is 5.26 Å². The number of benzene rings is 1. The van der Waals surface area contributed by atoms with Crippen LogP contribution in [0, 0.1) is 11.3 Å². The Bertz CT molecular complexity index is 477. The van der Waals surface area contributed by atoms with Crippen LogP contribution in [0.3, 0.4) is 0 Å². The van der Waals surface area contributed by atoms with Gasteiger partial charge in [0.2, 0.25) is 5.91 Å². The Morgan fingerprint density at radius 1 is 1.47 bits per heavy atom. The number of hydrogen-bond acceptors (Lipinski definition) is 3. The number of hydrogen-bond donors (Lipinski definition) is 2. The molecule has 17 heavy (non-hydrogen) atoms. The van der Waals surface area contributed by atoms with Gasteiger partial charge in [0.15, 0.2) is 0 Å². The molecule has 0 bridgehead atoms. The van der Waals surface area contributed by atoms with E-state index in [0.29, 0.717) is 11.3 Å². The SMILES string of the molecule is CNC(C)(C)C(=O)Nc1ccc(Br)cc1C#N. The fraction of sp³-hybridized carbons (Fsp3) is 0.333. The number of amides is 1. The predicted octanol–water partition coefficient (Wildman–Crippen LogP) is 2.26. The molecule has 0 aliphatic carbocycles. The van der Waals surface area contributed by atoms with E-state index >= 15 is 0 Å². The molecule has 1 aromatic carbocycles. The molecule has 1 amide bonds. The molecule has 0 fully saturated rings. The van der Waals surface area contributed by atoms with Gasteiger partial charge in [-0.25, -0.2) is 0 Å². The number of nitrogens with one attached hydrogen (secondary N) is 2. The van der Waals surface area contributed by atoms with Crippen molar-refractivity contribution in [2.45, 2.75) is 19.4 Å².